The predicted molar refractivity (Wildman–Crippen MR) is 65.5 cm³/mol. The van der Waals surface area contributed by atoms with E-state index in [0.717, 1.165) is 0 Å². The van der Waals surface area contributed by atoms with Gasteiger partial charge in [0.05, 0.1) is 5.92 Å². The first-order chi connectivity index (χ1) is 7.54. The third-order valence-corrected chi connectivity index (χ3v) is 4.16. The number of rotatable bonds is 4. The summed E-state index contributed by atoms with van der Waals surface area (Å²) < 4.78 is 0. The standard InChI is InChI=1S/C13H25NO2/c1-10(13(15)16)11(2)14(3)12-8-6-4-5-7-9-12/h10-12H,4-9H2,1-3H3,(H,15,16). The van der Waals surface area contributed by atoms with Crippen LogP contribution in [0.4, 0.5) is 0 Å². The highest BCUT2D eigenvalue weighted by Crippen LogP contribution is 2.24. The maximum absolute atomic E-state index is 11.0. The van der Waals surface area contributed by atoms with Gasteiger partial charge in [0.15, 0.2) is 0 Å². The van der Waals surface area contributed by atoms with Crippen LogP contribution in [0.25, 0.3) is 0 Å². The van der Waals surface area contributed by atoms with Crippen molar-refractivity contribution < 1.29 is 9.90 Å². The summed E-state index contributed by atoms with van der Waals surface area (Å²) in [5.74, 6) is -0.971. The predicted octanol–water partition coefficient (Wildman–Crippen LogP) is 2.75. The summed E-state index contributed by atoms with van der Waals surface area (Å²) >= 11 is 0. The van der Waals surface area contributed by atoms with E-state index >= 15 is 0 Å². The van der Waals surface area contributed by atoms with Gasteiger partial charge in [0.1, 0.15) is 0 Å². The van der Waals surface area contributed by atoms with Gasteiger partial charge in [0.25, 0.3) is 0 Å². The molecule has 0 radical (unpaired) electrons. The topological polar surface area (TPSA) is 40.5 Å². The van der Waals surface area contributed by atoms with Crippen LogP contribution in [-0.4, -0.2) is 35.1 Å². The lowest BCUT2D eigenvalue weighted by molar-refractivity contribution is -0.143. The molecule has 3 nitrogen and oxygen atoms in total. The second-order valence-corrected chi connectivity index (χ2v) is 5.18. The van der Waals surface area contributed by atoms with Crippen LogP contribution in [0.1, 0.15) is 52.4 Å². The number of carboxylic acid groups (broad SMARTS) is 1. The van der Waals surface area contributed by atoms with Crippen LogP contribution in [0.15, 0.2) is 0 Å². The fourth-order valence-corrected chi connectivity index (χ4v) is 2.56. The second kappa shape index (κ2) is 6.24. The van der Waals surface area contributed by atoms with Gasteiger partial charge in [-0.2, -0.15) is 0 Å². The maximum atomic E-state index is 11.0. The van der Waals surface area contributed by atoms with E-state index in [1.54, 1.807) is 6.92 Å². The molecule has 3 heteroatoms. The second-order valence-electron chi connectivity index (χ2n) is 5.18. The average Bonchev–Trinajstić information content (AvgIpc) is 2.54. The van der Waals surface area contributed by atoms with Crippen molar-refractivity contribution in [3.8, 4) is 0 Å². The number of hydrogen-bond acceptors (Lipinski definition) is 2. The molecule has 2 unspecified atom stereocenters. The van der Waals surface area contributed by atoms with Crippen LogP contribution >= 0.6 is 0 Å². The first kappa shape index (κ1) is 13.5. The van der Waals surface area contributed by atoms with Crippen molar-refractivity contribution >= 4 is 5.97 Å². The lowest BCUT2D eigenvalue weighted by atomic mass is 9.98. The summed E-state index contributed by atoms with van der Waals surface area (Å²) in [5.41, 5.74) is 0. The lowest BCUT2D eigenvalue weighted by Gasteiger charge is -2.34. The summed E-state index contributed by atoms with van der Waals surface area (Å²) in [6, 6.07) is 0.708. The smallest absolute Gasteiger partial charge is 0.307 e. The molecule has 0 aromatic carbocycles. The number of hydrogen-bond donors (Lipinski definition) is 1. The van der Waals surface area contributed by atoms with Gasteiger partial charge < -0.3 is 5.11 Å². The minimum Gasteiger partial charge on any atom is -0.481 e. The molecule has 1 rings (SSSR count). The fourth-order valence-electron chi connectivity index (χ4n) is 2.56. The van der Waals surface area contributed by atoms with Gasteiger partial charge in [-0.1, -0.05) is 32.6 Å². The van der Waals surface area contributed by atoms with Crippen LogP contribution in [0.2, 0.25) is 0 Å². The van der Waals surface area contributed by atoms with E-state index < -0.39 is 5.97 Å². The number of aliphatic carboxylic acids is 1. The molecule has 0 aliphatic heterocycles. The molecular formula is C13H25NO2. The van der Waals surface area contributed by atoms with Crippen LogP contribution in [-0.2, 0) is 4.79 Å². The van der Waals surface area contributed by atoms with E-state index in [2.05, 4.69) is 11.9 Å². The Hall–Kier alpha value is -0.570. The largest absolute Gasteiger partial charge is 0.481 e. The normalized spacial score (nSPS) is 22.8. The molecular weight excluding hydrogens is 202 g/mol. The lowest BCUT2D eigenvalue weighted by Crippen LogP contribution is -2.43. The summed E-state index contributed by atoms with van der Waals surface area (Å²) in [6.45, 7) is 3.84. The van der Waals surface area contributed by atoms with Gasteiger partial charge in [-0.3, -0.25) is 9.69 Å². The van der Waals surface area contributed by atoms with Crippen LogP contribution in [0.3, 0.4) is 0 Å². The molecule has 1 aliphatic rings. The van der Waals surface area contributed by atoms with Gasteiger partial charge in [-0.15, -0.1) is 0 Å². The van der Waals surface area contributed by atoms with E-state index in [9.17, 15) is 4.79 Å². The quantitative estimate of drug-likeness (QED) is 0.751. The summed E-state index contributed by atoms with van der Waals surface area (Å²) in [6.07, 6.45) is 7.73. The molecule has 1 fully saturated rings. The van der Waals surface area contributed by atoms with E-state index in [-0.39, 0.29) is 12.0 Å². The Kier molecular flexibility index (Phi) is 5.26. The van der Waals surface area contributed by atoms with Crippen molar-refractivity contribution in [3.05, 3.63) is 0 Å². The number of carboxylic acids is 1. The molecule has 1 aliphatic carbocycles. The van der Waals surface area contributed by atoms with Crippen LogP contribution < -0.4 is 0 Å². The van der Waals surface area contributed by atoms with Gasteiger partial charge in [-0.05, 0) is 26.8 Å². The molecule has 0 heterocycles. The number of carbonyl (C=O) groups is 1. The zero-order chi connectivity index (χ0) is 12.1. The molecule has 1 saturated carbocycles. The van der Waals surface area contributed by atoms with E-state index in [0.29, 0.717) is 6.04 Å². The van der Waals surface area contributed by atoms with Crippen molar-refractivity contribution in [3.63, 3.8) is 0 Å². The highest BCUT2D eigenvalue weighted by molar-refractivity contribution is 5.70. The molecule has 0 bridgehead atoms. The van der Waals surface area contributed by atoms with Gasteiger partial charge >= 0.3 is 5.97 Å². The molecule has 0 saturated heterocycles. The van der Waals surface area contributed by atoms with Crippen molar-refractivity contribution in [2.75, 3.05) is 7.05 Å². The fraction of sp³-hybridized carbons (Fsp3) is 0.923. The summed E-state index contributed by atoms with van der Waals surface area (Å²) in [5, 5.41) is 9.03. The number of nitrogens with zero attached hydrogens (tertiary/aromatic N) is 1. The van der Waals surface area contributed by atoms with Crippen molar-refractivity contribution in [2.24, 2.45) is 5.92 Å². The SMILES string of the molecule is CC(C(=O)O)C(C)N(C)C1CCCCCC1. The third-order valence-electron chi connectivity index (χ3n) is 4.16. The molecule has 0 spiro atoms. The van der Waals surface area contributed by atoms with Crippen molar-refractivity contribution in [1.82, 2.24) is 4.90 Å². The zero-order valence-corrected chi connectivity index (χ0v) is 10.8. The molecule has 16 heavy (non-hydrogen) atoms. The highest BCUT2D eigenvalue weighted by Gasteiger charge is 2.27. The van der Waals surface area contributed by atoms with Crippen molar-refractivity contribution in [1.29, 1.82) is 0 Å². The minimum atomic E-state index is -0.687. The Bertz CT molecular complexity index is 222. The van der Waals surface area contributed by atoms with E-state index in [1.807, 2.05) is 6.92 Å². The minimum absolute atomic E-state index is 0.126. The Morgan fingerprint density at radius 1 is 1.19 bits per heavy atom. The zero-order valence-electron chi connectivity index (χ0n) is 10.8. The maximum Gasteiger partial charge on any atom is 0.307 e. The first-order valence-electron chi connectivity index (χ1n) is 6.48. The monoisotopic (exact) mass is 227 g/mol. The third kappa shape index (κ3) is 3.48. The molecule has 94 valence electrons. The van der Waals surface area contributed by atoms with E-state index in [4.69, 9.17) is 5.11 Å². The molecule has 0 aromatic rings. The van der Waals surface area contributed by atoms with Gasteiger partial charge in [0, 0.05) is 12.1 Å². The Labute approximate surface area is 98.8 Å². The molecule has 1 N–H and O–H groups in total. The summed E-state index contributed by atoms with van der Waals surface area (Å²) in [7, 11) is 2.08. The molecule has 0 aromatic heterocycles. The molecule has 2 atom stereocenters. The highest BCUT2D eigenvalue weighted by atomic mass is 16.4. The van der Waals surface area contributed by atoms with Crippen molar-refractivity contribution in [2.45, 2.75) is 64.5 Å². The van der Waals surface area contributed by atoms with Gasteiger partial charge in [-0.25, -0.2) is 0 Å². The Balaban J connectivity index is 2.53. The Morgan fingerprint density at radius 3 is 2.12 bits per heavy atom. The average molecular weight is 227 g/mol. The Morgan fingerprint density at radius 2 is 1.69 bits per heavy atom. The van der Waals surface area contributed by atoms with Crippen LogP contribution in [0.5, 0.6) is 0 Å². The van der Waals surface area contributed by atoms with Gasteiger partial charge in [0.2, 0.25) is 0 Å². The van der Waals surface area contributed by atoms with Crippen LogP contribution in [0, 0.1) is 5.92 Å². The van der Waals surface area contributed by atoms with E-state index in [1.165, 1.54) is 38.5 Å². The summed E-state index contributed by atoms with van der Waals surface area (Å²) in [4.78, 5) is 13.3. The first-order valence-corrected chi connectivity index (χ1v) is 6.48. The molecule has 0 amide bonds.